The van der Waals surface area contributed by atoms with E-state index in [9.17, 15) is 9.90 Å². The molecule has 0 unspecified atom stereocenters. The van der Waals surface area contributed by atoms with Gasteiger partial charge in [0.2, 0.25) is 5.91 Å². The van der Waals surface area contributed by atoms with Gasteiger partial charge in [-0.05, 0) is 32.9 Å². The highest BCUT2D eigenvalue weighted by atomic mass is 16.3. The van der Waals surface area contributed by atoms with Gasteiger partial charge in [-0.2, -0.15) is 0 Å². The molecule has 0 radical (unpaired) electrons. The second-order valence-electron chi connectivity index (χ2n) is 4.91. The van der Waals surface area contributed by atoms with Crippen molar-refractivity contribution in [1.82, 2.24) is 5.01 Å². The van der Waals surface area contributed by atoms with Gasteiger partial charge in [-0.3, -0.25) is 9.80 Å². The van der Waals surface area contributed by atoms with E-state index in [0.29, 0.717) is 13.0 Å². The van der Waals surface area contributed by atoms with E-state index >= 15 is 0 Å². The maximum atomic E-state index is 11.8. The monoisotopic (exact) mass is 234 g/mol. The zero-order valence-corrected chi connectivity index (χ0v) is 10.5. The summed E-state index contributed by atoms with van der Waals surface area (Å²) < 4.78 is 0. The van der Waals surface area contributed by atoms with E-state index in [1.807, 2.05) is 36.2 Å². The quantitative estimate of drug-likeness (QED) is 0.846. The van der Waals surface area contributed by atoms with E-state index in [4.69, 9.17) is 0 Å². The molecular weight excluding hydrogens is 216 g/mol. The van der Waals surface area contributed by atoms with E-state index < -0.39 is 5.72 Å². The summed E-state index contributed by atoms with van der Waals surface area (Å²) >= 11 is 0. The Kier molecular flexibility index (Phi) is 2.83. The fourth-order valence-corrected chi connectivity index (χ4v) is 2.10. The minimum Gasteiger partial charge on any atom is -0.370 e. The van der Waals surface area contributed by atoms with Gasteiger partial charge in [0.25, 0.3) is 0 Å². The van der Waals surface area contributed by atoms with E-state index in [0.717, 1.165) is 5.69 Å². The number of carbonyl (C=O) groups excluding carboxylic acids is 1. The summed E-state index contributed by atoms with van der Waals surface area (Å²) in [6.07, 6.45) is 0.442. The Morgan fingerprint density at radius 1 is 1.24 bits per heavy atom. The molecule has 2 rings (SSSR count). The van der Waals surface area contributed by atoms with Crippen LogP contribution in [-0.2, 0) is 4.79 Å². The van der Waals surface area contributed by atoms with Crippen molar-refractivity contribution in [3.8, 4) is 0 Å². The number of hydrazine groups is 1. The van der Waals surface area contributed by atoms with Gasteiger partial charge in [-0.15, -0.1) is 0 Å². The third kappa shape index (κ3) is 2.26. The lowest BCUT2D eigenvalue weighted by atomic mass is 10.2. The number of benzene rings is 1. The Balaban J connectivity index is 2.32. The van der Waals surface area contributed by atoms with E-state index in [1.165, 1.54) is 10.6 Å². The molecule has 4 heteroatoms. The van der Waals surface area contributed by atoms with Gasteiger partial charge in [-0.1, -0.05) is 17.7 Å². The van der Waals surface area contributed by atoms with Gasteiger partial charge in [0.1, 0.15) is 0 Å². The Morgan fingerprint density at radius 2 is 1.82 bits per heavy atom. The molecule has 0 aromatic heterocycles. The zero-order chi connectivity index (χ0) is 12.6. The number of rotatable bonds is 2. The first-order chi connectivity index (χ1) is 7.89. The minimum absolute atomic E-state index is 0.0434. The maximum Gasteiger partial charge on any atom is 0.245 e. The lowest BCUT2D eigenvalue weighted by molar-refractivity contribution is -0.148. The Hall–Kier alpha value is -1.55. The van der Waals surface area contributed by atoms with Gasteiger partial charge in [0, 0.05) is 13.0 Å². The van der Waals surface area contributed by atoms with Crippen LogP contribution in [0.25, 0.3) is 0 Å². The molecule has 92 valence electrons. The number of anilines is 1. The number of hydrogen-bond donors (Lipinski definition) is 1. The molecule has 0 spiro atoms. The van der Waals surface area contributed by atoms with E-state index in [2.05, 4.69) is 0 Å². The second-order valence-corrected chi connectivity index (χ2v) is 4.91. The molecule has 1 aromatic rings. The lowest BCUT2D eigenvalue weighted by Gasteiger charge is -2.38. The molecule has 1 heterocycles. The number of nitrogens with zero attached hydrogens (tertiary/aromatic N) is 2. The molecule has 1 aromatic carbocycles. The van der Waals surface area contributed by atoms with Gasteiger partial charge in [-0.25, -0.2) is 5.01 Å². The fraction of sp³-hybridized carbons (Fsp3) is 0.462. The molecule has 1 N–H and O–H groups in total. The summed E-state index contributed by atoms with van der Waals surface area (Å²) in [6.45, 7) is 5.88. The van der Waals surface area contributed by atoms with Crippen LogP contribution in [0.15, 0.2) is 24.3 Å². The van der Waals surface area contributed by atoms with Crippen molar-refractivity contribution in [3.63, 3.8) is 0 Å². The van der Waals surface area contributed by atoms with Crippen LogP contribution in [0.1, 0.15) is 25.8 Å². The molecule has 4 nitrogen and oxygen atoms in total. The van der Waals surface area contributed by atoms with Gasteiger partial charge < -0.3 is 5.11 Å². The highest BCUT2D eigenvalue weighted by Gasteiger charge is 2.38. The van der Waals surface area contributed by atoms with Crippen LogP contribution in [0, 0.1) is 6.92 Å². The SMILES string of the molecule is Cc1ccc(N2CCC(=O)N2C(C)(C)O)cc1. The highest BCUT2D eigenvalue weighted by molar-refractivity contribution is 5.82. The first-order valence-electron chi connectivity index (χ1n) is 5.79. The zero-order valence-electron chi connectivity index (χ0n) is 10.5. The summed E-state index contributed by atoms with van der Waals surface area (Å²) in [6, 6.07) is 7.93. The van der Waals surface area contributed by atoms with Crippen molar-refractivity contribution >= 4 is 11.6 Å². The molecule has 0 atom stereocenters. The highest BCUT2D eigenvalue weighted by Crippen LogP contribution is 2.27. The molecule has 1 aliphatic heterocycles. The first-order valence-corrected chi connectivity index (χ1v) is 5.79. The number of amides is 1. The predicted molar refractivity (Wildman–Crippen MR) is 66.3 cm³/mol. The smallest absolute Gasteiger partial charge is 0.245 e. The van der Waals surface area contributed by atoms with Crippen LogP contribution >= 0.6 is 0 Å². The van der Waals surface area contributed by atoms with Gasteiger partial charge >= 0.3 is 0 Å². The Labute approximate surface area is 101 Å². The van der Waals surface area contributed by atoms with E-state index in [-0.39, 0.29) is 5.91 Å². The maximum absolute atomic E-state index is 11.8. The molecule has 1 aliphatic rings. The van der Waals surface area contributed by atoms with Crippen molar-refractivity contribution in [3.05, 3.63) is 29.8 Å². The van der Waals surface area contributed by atoms with Crippen molar-refractivity contribution in [2.75, 3.05) is 11.6 Å². The normalized spacial score (nSPS) is 16.8. The van der Waals surface area contributed by atoms with Crippen LogP contribution in [0.4, 0.5) is 5.69 Å². The third-order valence-corrected chi connectivity index (χ3v) is 2.87. The summed E-state index contributed by atoms with van der Waals surface area (Å²) in [4.78, 5) is 11.8. The lowest BCUT2D eigenvalue weighted by Crippen LogP contribution is -2.52. The summed E-state index contributed by atoms with van der Waals surface area (Å²) in [7, 11) is 0. The summed E-state index contributed by atoms with van der Waals surface area (Å²) in [5.41, 5.74) is 0.941. The van der Waals surface area contributed by atoms with Crippen molar-refractivity contribution in [2.24, 2.45) is 0 Å². The van der Waals surface area contributed by atoms with Crippen LogP contribution in [0.2, 0.25) is 0 Å². The molecule has 1 fully saturated rings. The van der Waals surface area contributed by atoms with Crippen molar-refractivity contribution in [2.45, 2.75) is 32.9 Å². The summed E-state index contributed by atoms with van der Waals surface area (Å²) in [5.74, 6) is -0.0434. The molecular formula is C13H18N2O2. The third-order valence-electron chi connectivity index (χ3n) is 2.87. The van der Waals surface area contributed by atoms with Crippen molar-refractivity contribution < 1.29 is 9.90 Å². The van der Waals surface area contributed by atoms with Crippen LogP contribution < -0.4 is 5.01 Å². The molecule has 0 bridgehead atoms. The predicted octanol–water partition coefficient (Wildman–Crippen LogP) is 1.68. The standard InChI is InChI=1S/C13H18N2O2/c1-10-4-6-11(7-5-10)14-9-8-12(16)15(14)13(2,3)17/h4-7,17H,8-9H2,1-3H3. The first kappa shape index (κ1) is 11.9. The Bertz CT molecular complexity index is 420. The Morgan fingerprint density at radius 3 is 2.35 bits per heavy atom. The molecule has 1 saturated heterocycles. The summed E-state index contributed by atoms with van der Waals surface area (Å²) in [5, 5.41) is 13.3. The largest absolute Gasteiger partial charge is 0.370 e. The topological polar surface area (TPSA) is 43.8 Å². The number of carbonyl (C=O) groups is 1. The van der Waals surface area contributed by atoms with Gasteiger partial charge in [0.15, 0.2) is 5.72 Å². The average Bonchev–Trinajstić information content (AvgIpc) is 2.61. The number of aryl methyl sites for hydroxylation is 1. The fourth-order valence-electron chi connectivity index (χ4n) is 2.10. The van der Waals surface area contributed by atoms with E-state index in [1.54, 1.807) is 13.8 Å². The molecule has 0 saturated carbocycles. The van der Waals surface area contributed by atoms with Crippen LogP contribution in [0.3, 0.4) is 0 Å². The van der Waals surface area contributed by atoms with Crippen LogP contribution in [0.5, 0.6) is 0 Å². The van der Waals surface area contributed by atoms with Crippen LogP contribution in [-0.4, -0.2) is 28.3 Å². The molecule has 17 heavy (non-hydrogen) atoms. The molecule has 0 aliphatic carbocycles. The minimum atomic E-state index is -1.17. The number of hydrogen-bond acceptors (Lipinski definition) is 3. The van der Waals surface area contributed by atoms with Crippen molar-refractivity contribution in [1.29, 1.82) is 0 Å². The molecule has 1 amide bonds. The average molecular weight is 234 g/mol. The number of aliphatic hydroxyl groups is 1. The van der Waals surface area contributed by atoms with Gasteiger partial charge in [0.05, 0.1) is 5.69 Å². The second kappa shape index (κ2) is 4.04.